The second kappa shape index (κ2) is 7.62. The van der Waals surface area contributed by atoms with Gasteiger partial charge in [0.15, 0.2) is 5.82 Å². The Kier molecular flexibility index (Phi) is 5.08. The van der Waals surface area contributed by atoms with Crippen molar-refractivity contribution in [3.8, 4) is 0 Å². The van der Waals surface area contributed by atoms with E-state index in [9.17, 15) is 0 Å². The van der Waals surface area contributed by atoms with Gasteiger partial charge in [-0.05, 0) is 35.8 Å². The highest BCUT2D eigenvalue weighted by Crippen LogP contribution is 2.32. The van der Waals surface area contributed by atoms with Crippen LogP contribution in [0.5, 0.6) is 0 Å². The van der Waals surface area contributed by atoms with Crippen LogP contribution in [-0.2, 0) is 4.74 Å². The summed E-state index contributed by atoms with van der Waals surface area (Å²) >= 11 is 0. The van der Waals surface area contributed by atoms with Crippen LogP contribution in [0.4, 0.5) is 0 Å². The van der Waals surface area contributed by atoms with E-state index in [0.29, 0.717) is 6.04 Å². The maximum atomic E-state index is 6.01. The normalized spacial score (nSPS) is 24.3. The maximum absolute atomic E-state index is 6.01. The standard InChI is InChI=1S/C19H27N5O/c1-15(19-20-21-22-24(19)17-10-6-3-7-11-17)23-12-13-25-18(14-23)16-8-4-2-5-9-16/h2,4-5,8-9,15,17-18H,3,6-7,10-14H2,1H3. The molecule has 2 aromatic rings. The molecule has 6 heteroatoms. The van der Waals surface area contributed by atoms with Crippen molar-refractivity contribution in [3.05, 3.63) is 41.7 Å². The molecule has 2 heterocycles. The monoisotopic (exact) mass is 341 g/mol. The molecule has 4 rings (SSSR count). The minimum atomic E-state index is 0.122. The van der Waals surface area contributed by atoms with Crippen molar-refractivity contribution >= 4 is 0 Å². The van der Waals surface area contributed by atoms with Crippen molar-refractivity contribution in [1.29, 1.82) is 0 Å². The van der Waals surface area contributed by atoms with Gasteiger partial charge in [0.05, 0.1) is 24.8 Å². The van der Waals surface area contributed by atoms with Crippen LogP contribution in [0.15, 0.2) is 30.3 Å². The number of rotatable bonds is 4. The van der Waals surface area contributed by atoms with Gasteiger partial charge in [0, 0.05) is 13.1 Å². The number of hydrogen-bond donors (Lipinski definition) is 0. The van der Waals surface area contributed by atoms with Crippen LogP contribution in [0, 0.1) is 0 Å². The summed E-state index contributed by atoms with van der Waals surface area (Å²) in [4.78, 5) is 2.45. The second-order valence-corrected chi connectivity index (χ2v) is 7.21. The number of aromatic nitrogens is 4. The molecule has 25 heavy (non-hydrogen) atoms. The zero-order valence-corrected chi connectivity index (χ0v) is 14.9. The Morgan fingerprint density at radius 1 is 1.12 bits per heavy atom. The summed E-state index contributed by atoms with van der Waals surface area (Å²) in [6.45, 7) is 4.76. The molecule has 0 amide bonds. The van der Waals surface area contributed by atoms with Gasteiger partial charge >= 0.3 is 0 Å². The van der Waals surface area contributed by atoms with E-state index in [1.165, 1.54) is 37.7 Å². The lowest BCUT2D eigenvalue weighted by molar-refractivity contribution is -0.0450. The Morgan fingerprint density at radius 3 is 2.72 bits per heavy atom. The zero-order chi connectivity index (χ0) is 17.1. The summed E-state index contributed by atoms with van der Waals surface area (Å²) in [6.07, 6.45) is 6.42. The van der Waals surface area contributed by atoms with Gasteiger partial charge in [-0.25, -0.2) is 4.68 Å². The van der Waals surface area contributed by atoms with Crippen LogP contribution in [-0.4, -0.2) is 44.8 Å². The first-order valence-corrected chi connectivity index (χ1v) is 9.51. The molecule has 2 fully saturated rings. The summed E-state index contributed by atoms with van der Waals surface area (Å²) in [5.74, 6) is 1.00. The molecule has 6 nitrogen and oxygen atoms in total. The average Bonchev–Trinajstić information content (AvgIpc) is 3.19. The number of morpholine rings is 1. The molecular weight excluding hydrogens is 314 g/mol. The molecule has 2 unspecified atom stereocenters. The molecule has 0 spiro atoms. The van der Waals surface area contributed by atoms with Crippen molar-refractivity contribution in [3.63, 3.8) is 0 Å². The van der Waals surface area contributed by atoms with E-state index in [1.54, 1.807) is 0 Å². The van der Waals surface area contributed by atoms with Gasteiger partial charge < -0.3 is 4.74 Å². The fourth-order valence-electron chi connectivity index (χ4n) is 4.11. The molecule has 1 saturated carbocycles. The molecule has 2 aliphatic rings. The molecule has 134 valence electrons. The first kappa shape index (κ1) is 16.7. The van der Waals surface area contributed by atoms with Gasteiger partial charge in [0.25, 0.3) is 0 Å². The Morgan fingerprint density at radius 2 is 1.92 bits per heavy atom. The predicted octanol–water partition coefficient (Wildman–Crippen LogP) is 3.31. The number of tetrazole rings is 1. The third-order valence-corrected chi connectivity index (χ3v) is 5.63. The van der Waals surface area contributed by atoms with Gasteiger partial charge in [0.2, 0.25) is 0 Å². The van der Waals surface area contributed by atoms with Crippen molar-refractivity contribution in [2.75, 3.05) is 19.7 Å². The van der Waals surface area contributed by atoms with E-state index in [1.807, 2.05) is 6.07 Å². The SMILES string of the molecule is CC(c1nnnn1C1CCCCC1)N1CCOC(c2ccccc2)C1. The number of hydrogen-bond acceptors (Lipinski definition) is 5. The highest BCUT2D eigenvalue weighted by atomic mass is 16.5. The fraction of sp³-hybridized carbons (Fsp3) is 0.632. The molecule has 0 radical (unpaired) electrons. The Bertz CT molecular complexity index is 667. The van der Waals surface area contributed by atoms with E-state index in [0.717, 1.165) is 25.5 Å². The van der Waals surface area contributed by atoms with Crippen LogP contribution >= 0.6 is 0 Å². The van der Waals surface area contributed by atoms with E-state index in [4.69, 9.17) is 4.74 Å². The topological polar surface area (TPSA) is 56.1 Å². The third-order valence-electron chi connectivity index (χ3n) is 5.63. The highest BCUT2D eigenvalue weighted by molar-refractivity contribution is 5.18. The fourth-order valence-corrected chi connectivity index (χ4v) is 4.11. The zero-order valence-electron chi connectivity index (χ0n) is 14.9. The summed E-state index contributed by atoms with van der Waals surface area (Å²) in [5.41, 5.74) is 1.24. The molecule has 1 aromatic heterocycles. The minimum absolute atomic E-state index is 0.122. The first-order valence-electron chi connectivity index (χ1n) is 9.51. The van der Waals surface area contributed by atoms with Crippen LogP contribution in [0.2, 0.25) is 0 Å². The Balaban J connectivity index is 1.49. The lowest BCUT2D eigenvalue weighted by atomic mass is 9.95. The van der Waals surface area contributed by atoms with E-state index in [2.05, 4.69) is 56.3 Å². The summed E-state index contributed by atoms with van der Waals surface area (Å²) in [7, 11) is 0. The smallest absolute Gasteiger partial charge is 0.168 e. The quantitative estimate of drug-likeness (QED) is 0.854. The molecule has 2 atom stereocenters. The van der Waals surface area contributed by atoms with Crippen LogP contribution < -0.4 is 0 Å². The maximum Gasteiger partial charge on any atom is 0.168 e. The molecular formula is C19H27N5O. The van der Waals surface area contributed by atoms with Gasteiger partial charge in [-0.15, -0.1) is 5.10 Å². The van der Waals surface area contributed by atoms with Gasteiger partial charge in [-0.1, -0.05) is 49.6 Å². The van der Waals surface area contributed by atoms with Crippen molar-refractivity contribution in [1.82, 2.24) is 25.1 Å². The molecule has 0 bridgehead atoms. The number of ether oxygens (including phenoxy) is 1. The summed E-state index contributed by atoms with van der Waals surface area (Å²) < 4.78 is 8.10. The van der Waals surface area contributed by atoms with E-state index >= 15 is 0 Å². The second-order valence-electron chi connectivity index (χ2n) is 7.21. The van der Waals surface area contributed by atoms with Gasteiger partial charge in [0.1, 0.15) is 0 Å². The minimum Gasteiger partial charge on any atom is -0.371 e. The molecule has 1 aromatic carbocycles. The molecule has 1 saturated heterocycles. The predicted molar refractivity (Wildman–Crippen MR) is 95.1 cm³/mol. The summed E-state index contributed by atoms with van der Waals surface area (Å²) in [6, 6.07) is 11.1. The molecule has 0 N–H and O–H groups in total. The van der Waals surface area contributed by atoms with Crippen LogP contribution in [0.25, 0.3) is 0 Å². The van der Waals surface area contributed by atoms with Crippen LogP contribution in [0.3, 0.4) is 0 Å². The summed E-state index contributed by atoms with van der Waals surface area (Å²) in [5, 5.41) is 12.7. The number of benzene rings is 1. The largest absolute Gasteiger partial charge is 0.371 e. The lowest BCUT2D eigenvalue weighted by Gasteiger charge is -2.37. The van der Waals surface area contributed by atoms with Gasteiger partial charge in [-0.3, -0.25) is 4.90 Å². The van der Waals surface area contributed by atoms with E-state index in [-0.39, 0.29) is 12.1 Å². The highest BCUT2D eigenvalue weighted by Gasteiger charge is 2.30. The average molecular weight is 341 g/mol. The van der Waals surface area contributed by atoms with Crippen molar-refractivity contribution < 1.29 is 4.74 Å². The lowest BCUT2D eigenvalue weighted by Crippen LogP contribution is -2.41. The molecule has 1 aliphatic carbocycles. The van der Waals surface area contributed by atoms with E-state index < -0.39 is 0 Å². The third kappa shape index (κ3) is 3.60. The first-order chi connectivity index (χ1) is 12.3. The Labute approximate surface area is 149 Å². The van der Waals surface area contributed by atoms with Crippen molar-refractivity contribution in [2.45, 2.75) is 57.2 Å². The van der Waals surface area contributed by atoms with Gasteiger partial charge in [-0.2, -0.15) is 0 Å². The molecule has 1 aliphatic heterocycles. The van der Waals surface area contributed by atoms with Crippen LogP contribution in [0.1, 0.15) is 68.6 Å². The van der Waals surface area contributed by atoms with Crippen molar-refractivity contribution in [2.24, 2.45) is 0 Å². The number of nitrogens with zero attached hydrogens (tertiary/aromatic N) is 5. The Hall–Kier alpha value is -1.79.